The smallest absolute Gasteiger partial charge is 0.292 e. The van der Waals surface area contributed by atoms with Gasteiger partial charge in [-0.3, -0.25) is 10.1 Å². The number of halogens is 1. The van der Waals surface area contributed by atoms with E-state index in [0.29, 0.717) is 5.69 Å². The van der Waals surface area contributed by atoms with E-state index in [1.807, 2.05) is 0 Å². The summed E-state index contributed by atoms with van der Waals surface area (Å²) in [5.74, 6) is 0. The third kappa shape index (κ3) is 3.30. The van der Waals surface area contributed by atoms with Crippen LogP contribution in [0.25, 0.3) is 0 Å². The Morgan fingerprint density at radius 2 is 1.89 bits per heavy atom. The minimum absolute atomic E-state index is 0.00874. The van der Waals surface area contributed by atoms with Gasteiger partial charge >= 0.3 is 0 Å². The molecule has 0 unspecified atom stereocenters. The highest BCUT2D eigenvalue weighted by Gasteiger charge is 2.13. The van der Waals surface area contributed by atoms with Crippen LogP contribution in [0.2, 0.25) is 0 Å². The van der Waals surface area contributed by atoms with E-state index in [1.165, 1.54) is 6.07 Å². The van der Waals surface area contributed by atoms with Crippen molar-refractivity contribution in [2.24, 2.45) is 0 Å². The minimum Gasteiger partial charge on any atom is -0.392 e. The van der Waals surface area contributed by atoms with Crippen molar-refractivity contribution >= 4 is 33.0 Å². The molecular formula is C13H11BrN2O3. The highest BCUT2D eigenvalue weighted by Crippen LogP contribution is 2.30. The molecule has 5 nitrogen and oxygen atoms in total. The summed E-state index contributed by atoms with van der Waals surface area (Å²) >= 11 is 3.29. The molecule has 0 aliphatic heterocycles. The van der Waals surface area contributed by atoms with E-state index >= 15 is 0 Å². The van der Waals surface area contributed by atoms with Gasteiger partial charge < -0.3 is 10.4 Å². The van der Waals surface area contributed by atoms with Crippen LogP contribution >= 0.6 is 15.9 Å². The topological polar surface area (TPSA) is 75.4 Å². The predicted molar refractivity (Wildman–Crippen MR) is 76.4 cm³/mol. The van der Waals surface area contributed by atoms with Gasteiger partial charge in [0.1, 0.15) is 5.69 Å². The van der Waals surface area contributed by atoms with Gasteiger partial charge in [0.25, 0.3) is 5.69 Å². The average Bonchev–Trinajstić information content (AvgIpc) is 2.39. The van der Waals surface area contributed by atoms with E-state index in [4.69, 9.17) is 5.11 Å². The maximum Gasteiger partial charge on any atom is 0.292 e. The molecule has 2 aromatic rings. The molecule has 0 aliphatic rings. The first kappa shape index (κ1) is 13.5. The molecule has 2 aromatic carbocycles. The Labute approximate surface area is 118 Å². The number of nitro groups is 1. The number of nitrogens with one attached hydrogen (secondary N) is 1. The van der Waals surface area contributed by atoms with Crippen LogP contribution < -0.4 is 5.32 Å². The van der Waals surface area contributed by atoms with Gasteiger partial charge in [-0.25, -0.2) is 0 Å². The number of anilines is 2. The SMILES string of the molecule is O=[N+]([O-])c1ccc(Br)cc1Nc1ccc(CO)cc1. The lowest BCUT2D eigenvalue weighted by Crippen LogP contribution is -1.97. The Balaban J connectivity index is 2.31. The standard InChI is InChI=1S/C13H11BrN2O3/c14-10-3-6-13(16(18)19)12(7-10)15-11-4-1-9(8-17)2-5-11/h1-7,15,17H,8H2. The zero-order valence-electron chi connectivity index (χ0n) is 9.84. The number of aliphatic hydroxyl groups is 1. The van der Waals surface area contributed by atoms with Crippen LogP contribution in [0.15, 0.2) is 46.9 Å². The van der Waals surface area contributed by atoms with Gasteiger partial charge in [0.2, 0.25) is 0 Å². The molecule has 0 heterocycles. The first-order valence-corrected chi connectivity index (χ1v) is 6.30. The Bertz CT molecular complexity index is 599. The van der Waals surface area contributed by atoms with Gasteiger partial charge in [0.05, 0.1) is 11.5 Å². The van der Waals surface area contributed by atoms with Gasteiger partial charge in [-0.15, -0.1) is 0 Å². The molecule has 0 radical (unpaired) electrons. The molecule has 0 aromatic heterocycles. The van der Waals surface area contributed by atoms with Crippen LogP contribution in [0, 0.1) is 10.1 Å². The van der Waals surface area contributed by atoms with Crippen molar-refractivity contribution in [3.05, 3.63) is 62.6 Å². The monoisotopic (exact) mass is 322 g/mol. The van der Waals surface area contributed by atoms with E-state index in [-0.39, 0.29) is 12.3 Å². The van der Waals surface area contributed by atoms with Crippen LogP contribution in [0.4, 0.5) is 17.1 Å². The third-order valence-corrected chi connectivity index (χ3v) is 3.06. The van der Waals surface area contributed by atoms with Crippen LogP contribution in [-0.2, 0) is 6.61 Å². The first-order chi connectivity index (χ1) is 9.10. The highest BCUT2D eigenvalue weighted by molar-refractivity contribution is 9.10. The summed E-state index contributed by atoms with van der Waals surface area (Å²) in [4.78, 5) is 10.5. The zero-order valence-corrected chi connectivity index (χ0v) is 11.4. The van der Waals surface area contributed by atoms with Gasteiger partial charge in [-0.2, -0.15) is 0 Å². The van der Waals surface area contributed by atoms with Crippen LogP contribution in [0.1, 0.15) is 5.56 Å². The normalized spacial score (nSPS) is 10.2. The summed E-state index contributed by atoms with van der Waals surface area (Å²) in [6.07, 6.45) is 0. The summed E-state index contributed by atoms with van der Waals surface area (Å²) in [7, 11) is 0. The fourth-order valence-corrected chi connectivity index (χ4v) is 1.98. The van der Waals surface area contributed by atoms with Crippen molar-refractivity contribution in [3.63, 3.8) is 0 Å². The molecule has 98 valence electrons. The van der Waals surface area contributed by atoms with Crippen molar-refractivity contribution in [1.82, 2.24) is 0 Å². The number of nitro benzene ring substituents is 1. The number of hydrogen-bond donors (Lipinski definition) is 2. The predicted octanol–water partition coefficient (Wildman–Crippen LogP) is 3.59. The van der Waals surface area contributed by atoms with Crippen molar-refractivity contribution in [1.29, 1.82) is 0 Å². The van der Waals surface area contributed by atoms with Gasteiger partial charge in [0, 0.05) is 16.2 Å². The fraction of sp³-hybridized carbons (Fsp3) is 0.0769. The van der Waals surface area contributed by atoms with E-state index in [9.17, 15) is 10.1 Å². The largest absolute Gasteiger partial charge is 0.392 e. The molecule has 0 aliphatic carbocycles. The van der Waals surface area contributed by atoms with Crippen LogP contribution in [0.5, 0.6) is 0 Å². The maximum atomic E-state index is 10.9. The number of nitrogens with zero attached hydrogens (tertiary/aromatic N) is 1. The van der Waals surface area contributed by atoms with Crippen LogP contribution in [-0.4, -0.2) is 10.0 Å². The van der Waals surface area contributed by atoms with Gasteiger partial charge in [-0.1, -0.05) is 28.1 Å². The fourth-order valence-electron chi connectivity index (χ4n) is 1.62. The number of rotatable bonds is 4. The van der Waals surface area contributed by atoms with E-state index in [1.54, 1.807) is 36.4 Å². The molecule has 2 N–H and O–H groups in total. The molecular weight excluding hydrogens is 312 g/mol. The van der Waals surface area contributed by atoms with Crippen molar-refractivity contribution in [3.8, 4) is 0 Å². The maximum absolute atomic E-state index is 10.9. The lowest BCUT2D eigenvalue weighted by atomic mass is 10.2. The lowest BCUT2D eigenvalue weighted by molar-refractivity contribution is -0.383. The molecule has 0 bridgehead atoms. The molecule has 0 saturated carbocycles. The second kappa shape index (κ2) is 5.81. The molecule has 0 fully saturated rings. The molecule has 6 heteroatoms. The molecule has 0 spiro atoms. The lowest BCUT2D eigenvalue weighted by Gasteiger charge is -2.08. The Kier molecular flexibility index (Phi) is 4.13. The number of aliphatic hydroxyl groups excluding tert-OH is 1. The van der Waals surface area contributed by atoms with Crippen molar-refractivity contribution in [2.45, 2.75) is 6.61 Å². The van der Waals surface area contributed by atoms with E-state index in [0.717, 1.165) is 15.7 Å². The minimum atomic E-state index is -0.434. The molecule has 2 rings (SSSR count). The van der Waals surface area contributed by atoms with Crippen molar-refractivity contribution < 1.29 is 10.0 Å². The van der Waals surface area contributed by atoms with E-state index < -0.39 is 4.92 Å². The summed E-state index contributed by atoms with van der Waals surface area (Å²) in [5, 5.41) is 22.9. The average molecular weight is 323 g/mol. The summed E-state index contributed by atoms with van der Waals surface area (Å²) < 4.78 is 0.757. The first-order valence-electron chi connectivity index (χ1n) is 5.51. The van der Waals surface area contributed by atoms with Gasteiger partial charge in [0.15, 0.2) is 0 Å². The molecule has 19 heavy (non-hydrogen) atoms. The molecule has 0 atom stereocenters. The second-order valence-corrected chi connectivity index (χ2v) is 4.81. The quantitative estimate of drug-likeness (QED) is 0.666. The molecule has 0 amide bonds. The van der Waals surface area contributed by atoms with Crippen molar-refractivity contribution in [2.75, 3.05) is 5.32 Å². The van der Waals surface area contributed by atoms with Gasteiger partial charge in [-0.05, 0) is 29.8 Å². The second-order valence-electron chi connectivity index (χ2n) is 3.90. The third-order valence-electron chi connectivity index (χ3n) is 2.57. The summed E-state index contributed by atoms with van der Waals surface area (Å²) in [5.41, 5.74) is 1.93. The summed E-state index contributed by atoms with van der Waals surface area (Å²) in [6, 6.07) is 11.7. The molecule has 0 saturated heterocycles. The highest BCUT2D eigenvalue weighted by atomic mass is 79.9. The Hall–Kier alpha value is -1.92. The Morgan fingerprint density at radius 1 is 1.21 bits per heavy atom. The number of benzene rings is 2. The van der Waals surface area contributed by atoms with Crippen LogP contribution in [0.3, 0.4) is 0 Å². The number of hydrogen-bond acceptors (Lipinski definition) is 4. The Morgan fingerprint density at radius 3 is 2.47 bits per heavy atom. The van der Waals surface area contributed by atoms with E-state index in [2.05, 4.69) is 21.2 Å². The zero-order chi connectivity index (χ0) is 13.8. The summed E-state index contributed by atoms with van der Waals surface area (Å²) in [6.45, 7) is -0.0304.